The summed E-state index contributed by atoms with van der Waals surface area (Å²) in [5.41, 5.74) is 2.60. The predicted octanol–water partition coefficient (Wildman–Crippen LogP) is 7.74. The molecular weight excluding hydrogens is 610 g/mol. The minimum absolute atomic E-state index is 0.103. The third-order valence-corrected chi connectivity index (χ3v) is 7.71. The second kappa shape index (κ2) is 13.8. The van der Waals surface area contributed by atoms with Crippen LogP contribution in [0.3, 0.4) is 0 Å². The van der Waals surface area contributed by atoms with Crippen LogP contribution in [0.5, 0.6) is 0 Å². The maximum absolute atomic E-state index is 13.3. The van der Waals surface area contributed by atoms with Crippen LogP contribution in [-0.2, 0) is 9.59 Å². The Morgan fingerprint density at radius 1 is 0.690 bits per heavy atom. The third-order valence-electron chi connectivity index (χ3n) is 6.20. The zero-order valence-electron chi connectivity index (χ0n) is 22.3. The lowest BCUT2D eigenvalue weighted by atomic mass is 10.1. The maximum atomic E-state index is 13.3. The van der Waals surface area contributed by atoms with Crippen LogP contribution in [0.1, 0.15) is 15.9 Å². The summed E-state index contributed by atoms with van der Waals surface area (Å²) in [4.78, 5) is 39.5. The molecule has 3 N–H and O–H groups in total. The normalized spacial score (nSPS) is 11.1. The monoisotopic (exact) mass is 635 g/mol. The lowest BCUT2D eigenvalue weighted by Crippen LogP contribution is -2.30. The summed E-state index contributed by atoms with van der Waals surface area (Å²) in [5, 5.41) is 10.7. The van der Waals surface area contributed by atoms with E-state index >= 15 is 0 Å². The molecule has 0 aliphatic carbocycles. The molecule has 5 rings (SSSR count). The molecule has 0 radical (unpaired) electrons. The highest BCUT2D eigenvalue weighted by Gasteiger charge is 2.15. The Labute approximate surface area is 256 Å². The van der Waals surface area contributed by atoms with Crippen LogP contribution in [0.2, 0.25) is 0 Å². The zero-order valence-corrected chi connectivity index (χ0v) is 24.7. The summed E-state index contributed by atoms with van der Waals surface area (Å²) in [6.45, 7) is 0. The molecule has 5 aromatic rings. The summed E-state index contributed by atoms with van der Waals surface area (Å²) in [6.07, 6.45) is 1.62. The van der Waals surface area contributed by atoms with Gasteiger partial charge in [0.1, 0.15) is 5.70 Å². The topological polar surface area (TPSA) is 87.3 Å². The molecule has 0 atom stereocenters. The van der Waals surface area contributed by atoms with Gasteiger partial charge < -0.3 is 16.0 Å². The van der Waals surface area contributed by atoms with E-state index in [1.807, 2.05) is 84.9 Å². The van der Waals surface area contributed by atoms with Crippen LogP contribution >= 0.6 is 27.7 Å². The van der Waals surface area contributed by atoms with Crippen molar-refractivity contribution in [3.05, 3.63) is 143 Å². The first kappa shape index (κ1) is 28.9. The smallest absolute Gasteiger partial charge is 0.272 e. The molecule has 0 bridgehead atoms. The Bertz CT molecular complexity index is 1770. The van der Waals surface area contributed by atoms with Gasteiger partial charge in [0, 0.05) is 26.3 Å². The molecule has 0 spiro atoms. The zero-order chi connectivity index (χ0) is 29.3. The highest BCUT2D eigenvalue weighted by molar-refractivity contribution is 9.10. The van der Waals surface area contributed by atoms with Gasteiger partial charge in [0.05, 0.1) is 5.75 Å². The van der Waals surface area contributed by atoms with E-state index < -0.39 is 5.91 Å². The van der Waals surface area contributed by atoms with Crippen LogP contribution < -0.4 is 16.0 Å². The first-order valence-corrected chi connectivity index (χ1v) is 14.9. The summed E-state index contributed by atoms with van der Waals surface area (Å²) in [5.74, 6) is -0.719. The first-order chi connectivity index (χ1) is 20.4. The molecule has 5 aromatic carbocycles. The van der Waals surface area contributed by atoms with E-state index in [4.69, 9.17) is 0 Å². The first-order valence-electron chi connectivity index (χ1n) is 13.1. The number of amides is 3. The fraction of sp³-hybridized carbons (Fsp3) is 0.0294. The van der Waals surface area contributed by atoms with Crippen molar-refractivity contribution in [1.82, 2.24) is 5.32 Å². The summed E-state index contributed by atoms with van der Waals surface area (Å²) in [6, 6.07) is 37.2. The van der Waals surface area contributed by atoms with Gasteiger partial charge in [-0.25, -0.2) is 0 Å². The number of halogens is 1. The number of fused-ring (bicyclic) bond motifs is 1. The fourth-order valence-electron chi connectivity index (χ4n) is 4.15. The van der Waals surface area contributed by atoms with Gasteiger partial charge in [-0.15, -0.1) is 11.8 Å². The van der Waals surface area contributed by atoms with Gasteiger partial charge in [0.15, 0.2) is 0 Å². The standard InChI is InChI=1S/C34H26BrN3O3S/c35-27-12-6-7-23(19-27)20-31(38-33(40)25-9-2-1-3-10-25)34(41)37-28-15-17-30(18-16-28)42-22-32(39)36-29-14-13-24-8-4-5-11-26(24)21-29/h1-21H,22H2,(H,36,39)(H,37,41)(H,38,40)/b31-20-. The van der Waals surface area contributed by atoms with E-state index in [1.165, 1.54) is 11.8 Å². The van der Waals surface area contributed by atoms with Crippen molar-refractivity contribution in [2.75, 3.05) is 16.4 Å². The second-order valence-electron chi connectivity index (χ2n) is 9.31. The Kier molecular flexibility index (Phi) is 9.48. The van der Waals surface area contributed by atoms with Crippen LogP contribution in [0.4, 0.5) is 11.4 Å². The van der Waals surface area contributed by atoms with E-state index in [-0.39, 0.29) is 23.3 Å². The van der Waals surface area contributed by atoms with Crippen molar-refractivity contribution in [2.24, 2.45) is 0 Å². The van der Waals surface area contributed by atoms with Crippen LogP contribution in [0, 0.1) is 0 Å². The Morgan fingerprint density at radius 3 is 2.17 bits per heavy atom. The van der Waals surface area contributed by atoms with Gasteiger partial charge in [-0.05, 0) is 83.1 Å². The van der Waals surface area contributed by atoms with Gasteiger partial charge in [0.25, 0.3) is 11.8 Å². The van der Waals surface area contributed by atoms with Crippen molar-refractivity contribution in [3.63, 3.8) is 0 Å². The highest BCUT2D eigenvalue weighted by Crippen LogP contribution is 2.23. The number of hydrogen-bond acceptors (Lipinski definition) is 4. The molecule has 3 amide bonds. The van der Waals surface area contributed by atoms with Crippen molar-refractivity contribution >= 4 is 73.6 Å². The predicted molar refractivity (Wildman–Crippen MR) is 174 cm³/mol. The van der Waals surface area contributed by atoms with Gasteiger partial charge in [-0.2, -0.15) is 0 Å². The van der Waals surface area contributed by atoms with Crippen molar-refractivity contribution in [3.8, 4) is 0 Å². The molecule has 6 nitrogen and oxygen atoms in total. The van der Waals surface area contributed by atoms with Crippen LogP contribution in [0.15, 0.2) is 136 Å². The largest absolute Gasteiger partial charge is 0.325 e. The molecule has 0 unspecified atom stereocenters. The average molecular weight is 637 g/mol. The summed E-state index contributed by atoms with van der Waals surface area (Å²) >= 11 is 4.84. The number of rotatable bonds is 9. The molecule has 0 heterocycles. The molecule has 208 valence electrons. The number of anilines is 2. The second-order valence-corrected chi connectivity index (χ2v) is 11.3. The molecule has 0 aromatic heterocycles. The van der Waals surface area contributed by atoms with Crippen molar-refractivity contribution in [1.29, 1.82) is 0 Å². The number of thioether (sulfide) groups is 1. The van der Waals surface area contributed by atoms with E-state index in [9.17, 15) is 14.4 Å². The van der Waals surface area contributed by atoms with E-state index in [1.54, 1.807) is 42.5 Å². The Balaban J connectivity index is 1.21. The minimum atomic E-state index is -0.463. The van der Waals surface area contributed by atoms with Crippen LogP contribution in [-0.4, -0.2) is 23.5 Å². The number of nitrogens with one attached hydrogen (secondary N) is 3. The quantitative estimate of drug-likeness (QED) is 0.114. The fourth-order valence-corrected chi connectivity index (χ4v) is 5.27. The minimum Gasteiger partial charge on any atom is -0.325 e. The maximum Gasteiger partial charge on any atom is 0.272 e. The SMILES string of the molecule is O=C(CSc1ccc(NC(=O)/C(=C/c2cccc(Br)c2)NC(=O)c2ccccc2)cc1)Nc1ccc2ccccc2c1. The Hall–Kier alpha value is -4.66. The molecule has 0 fully saturated rings. The van der Waals surface area contributed by atoms with E-state index in [2.05, 4.69) is 31.9 Å². The molecule has 0 saturated heterocycles. The van der Waals surface area contributed by atoms with Crippen LogP contribution in [0.25, 0.3) is 16.8 Å². The van der Waals surface area contributed by atoms with Gasteiger partial charge >= 0.3 is 0 Å². The number of hydrogen-bond donors (Lipinski definition) is 3. The van der Waals surface area contributed by atoms with E-state index in [0.717, 1.165) is 31.4 Å². The van der Waals surface area contributed by atoms with Gasteiger partial charge in [-0.1, -0.05) is 76.6 Å². The lowest BCUT2D eigenvalue weighted by Gasteiger charge is -2.12. The molecule has 0 saturated carbocycles. The third kappa shape index (κ3) is 7.96. The van der Waals surface area contributed by atoms with Gasteiger partial charge in [0.2, 0.25) is 5.91 Å². The molecule has 0 aliphatic heterocycles. The molecule has 8 heteroatoms. The van der Waals surface area contributed by atoms with Gasteiger partial charge in [-0.3, -0.25) is 14.4 Å². The number of carbonyl (C=O) groups excluding carboxylic acids is 3. The van der Waals surface area contributed by atoms with Crippen molar-refractivity contribution < 1.29 is 14.4 Å². The summed E-state index contributed by atoms with van der Waals surface area (Å²) < 4.78 is 0.851. The summed E-state index contributed by atoms with van der Waals surface area (Å²) in [7, 11) is 0. The van der Waals surface area contributed by atoms with Crippen molar-refractivity contribution in [2.45, 2.75) is 4.90 Å². The molecule has 0 aliphatic rings. The number of carbonyl (C=O) groups is 3. The molecule has 42 heavy (non-hydrogen) atoms. The Morgan fingerprint density at radius 2 is 1.40 bits per heavy atom. The molecular formula is C34H26BrN3O3S. The van der Waals surface area contributed by atoms with E-state index in [0.29, 0.717) is 11.3 Å². The average Bonchev–Trinajstić information content (AvgIpc) is 3.01. The lowest BCUT2D eigenvalue weighted by molar-refractivity contribution is -0.114. The highest BCUT2D eigenvalue weighted by atomic mass is 79.9. The number of benzene rings is 5.